The SMILES string of the molecule is CNNCc1ccc(C(=O)NC(C)C)cc1.CS(=O)(=O)OCCCCOS(C)(=O)=O.O=NN(CCCl)C(=O)NC1CCCCC1.O=P1(N(CCCl)CCCl)NCCCO1.O=P1(NCCCl)OCCCN1CCCl. The second kappa shape index (κ2) is 42.0. The topological polar surface area (TPSA) is 285 Å². The van der Waals surface area contributed by atoms with Crippen LogP contribution in [0.15, 0.2) is 29.6 Å². The van der Waals surface area contributed by atoms with E-state index >= 15 is 0 Å². The van der Waals surface area contributed by atoms with Crippen molar-refractivity contribution in [3.05, 3.63) is 40.3 Å². The third-order valence-corrected chi connectivity index (χ3v) is 16.4. The van der Waals surface area contributed by atoms with Crippen molar-refractivity contribution in [1.82, 2.24) is 46.0 Å². The average molecular weight is 1220 g/mol. The van der Waals surface area contributed by atoms with Crippen LogP contribution in [0.5, 0.6) is 0 Å². The Hall–Kier alpha value is -1.03. The van der Waals surface area contributed by atoms with E-state index in [1.807, 2.05) is 45.2 Å². The maximum absolute atomic E-state index is 12.2. The van der Waals surface area contributed by atoms with Crippen LogP contribution in [0.4, 0.5) is 4.79 Å². The predicted molar refractivity (Wildman–Crippen MR) is 293 cm³/mol. The Bertz CT molecular complexity index is 1910. The van der Waals surface area contributed by atoms with E-state index in [1.54, 1.807) is 9.34 Å². The summed E-state index contributed by atoms with van der Waals surface area (Å²) in [4.78, 5) is 33.5. The number of carbonyl (C=O) groups is 2. The minimum Gasteiger partial charge on any atom is -0.350 e. The van der Waals surface area contributed by atoms with E-state index in [-0.39, 0.29) is 43.6 Å². The van der Waals surface area contributed by atoms with Crippen molar-refractivity contribution in [3.63, 3.8) is 0 Å². The minimum atomic E-state index is -3.40. The van der Waals surface area contributed by atoms with E-state index in [0.29, 0.717) is 81.3 Å². The normalized spacial score (nSPS) is 19.3. The lowest BCUT2D eigenvalue weighted by atomic mass is 9.96. The number of halogens is 5. The largest absolute Gasteiger partial charge is 0.350 e. The van der Waals surface area contributed by atoms with E-state index in [0.717, 1.165) is 81.2 Å². The van der Waals surface area contributed by atoms with Crippen LogP contribution in [0.2, 0.25) is 0 Å². The van der Waals surface area contributed by atoms with Gasteiger partial charge in [-0.3, -0.25) is 33.1 Å². The number of nitrogens with one attached hydrogen (secondary N) is 6. The maximum Gasteiger partial charge on any atom is 0.343 e. The highest BCUT2D eigenvalue weighted by Gasteiger charge is 2.34. The number of hydrogen-bond acceptors (Lipinski definition) is 16. The minimum absolute atomic E-state index is 0.0249. The van der Waals surface area contributed by atoms with Gasteiger partial charge in [0.1, 0.15) is 0 Å². The molecule has 4 rings (SSSR count). The molecule has 1 aromatic carbocycles. The van der Waals surface area contributed by atoms with Gasteiger partial charge in [0.2, 0.25) is 0 Å². The number of hydrazine groups is 1. The van der Waals surface area contributed by atoms with Crippen molar-refractivity contribution in [2.45, 2.75) is 90.3 Å². The van der Waals surface area contributed by atoms with Crippen molar-refractivity contribution >= 4 is 106 Å². The van der Waals surface area contributed by atoms with Gasteiger partial charge in [-0.15, -0.1) is 62.9 Å². The Morgan fingerprint density at radius 1 is 0.836 bits per heavy atom. The summed E-state index contributed by atoms with van der Waals surface area (Å²) in [6.07, 6.45) is 10.0. The van der Waals surface area contributed by atoms with Crippen molar-refractivity contribution in [1.29, 1.82) is 0 Å². The second-order valence-electron chi connectivity index (χ2n) is 16.3. The first-order valence-electron chi connectivity index (χ1n) is 23.8. The zero-order valence-corrected chi connectivity index (χ0v) is 49.7. The highest BCUT2D eigenvalue weighted by molar-refractivity contribution is 7.86. The lowest BCUT2D eigenvalue weighted by molar-refractivity contribution is 0.0943. The highest BCUT2D eigenvalue weighted by Crippen LogP contribution is 2.49. The Morgan fingerprint density at radius 3 is 1.88 bits per heavy atom. The molecule has 0 spiro atoms. The molecule has 2 atom stereocenters. The van der Waals surface area contributed by atoms with Gasteiger partial charge in [0, 0.05) is 92.9 Å². The molecule has 32 heteroatoms. The predicted octanol–water partition coefficient (Wildman–Crippen LogP) is 6.79. The molecule has 3 amide bonds. The van der Waals surface area contributed by atoms with E-state index < -0.39 is 41.6 Å². The number of urea groups is 1. The molecule has 1 aliphatic carbocycles. The molecule has 2 heterocycles. The second-order valence-corrected chi connectivity index (χ2v) is 25.8. The lowest BCUT2D eigenvalue weighted by Gasteiger charge is -2.34. The summed E-state index contributed by atoms with van der Waals surface area (Å²) in [6.45, 7) is 9.55. The average Bonchev–Trinajstić information content (AvgIpc) is 3.34. The van der Waals surface area contributed by atoms with Crippen LogP contribution < -0.4 is 31.7 Å². The number of amides is 3. The first-order valence-corrected chi connectivity index (χ1v) is 33.2. The van der Waals surface area contributed by atoms with E-state index in [1.165, 1.54) is 6.42 Å². The molecule has 1 aromatic rings. The van der Waals surface area contributed by atoms with Crippen molar-refractivity contribution in [3.8, 4) is 0 Å². The van der Waals surface area contributed by atoms with Gasteiger partial charge in [0.25, 0.3) is 26.1 Å². The summed E-state index contributed by atoms with van der Waals surface area (Å²) >= 11 is 27.8. The Labute approximate surface area is 458 Å². The molecule has 0 aromatic heterocycles. The molecular weight excluding hydrogens is 1140 g/mol. The van der Waals surface area contributed by atoms with E-state index in [4.69, 9.17) is 67.1 Å². The van der Waals surface area contributed by atoms with Gasteiger partial charge in [0.05, 0.1) is 50.8 Å². The Balaban J connectivity index is 0.000000889. The van der Waals surface area contributed by atoms with Crippen molar-refractivity contribution in [2.75, 3.05) is 121 Å². The van der Waals surface area contributed by atoms with Crippen molar-refractivity contribution in [2.24, 2.45) is 5.29 Å². The van der Waals surface area contributed by atoms with Crippen LogP contribution in [0.1, 0.15) is 87.6 Å². The van der Waals surface area contributed by atoms with E-state index in [2.05, 4.69) is 45.3 Å². The molecule has 3 aliphatic rings. The Morgan fingerprint density at radius 2 is 1.41 bits per heavy atom. The number of unbranched alkanes of at least 4 members (excludes halogenated alkanes) is 1. The fourth-order valence-corrected chi connectivity index (χ4v) is 12.5. The molecule has 23 nitrogen and oxygen atoms in total. The number of hydrogen-bond donors (Lipinski definition) is 6. The number of rotatable bonds is 26. The third kappa shape index (κ3) is 35.9. The summed E-state index contributed by atoms with van der Waals surface area (Å²) in [6, 6.07) is 7.48. The summed E-state index contributed by atoms with van der Waals surface area (Å²) in [5, 5.41) is 14.9. The van der Waals surface area contributed by atoms with Gasteiger partial charge >= 0.3 is 21.4 Å². The van der Waals surface area contributed by atoms with Crippen LogP contribution >= 0.6 is 73.3 Å². The van der Waals surface area contributed by atoms with Crippen LogP contribution in [0, 0.1) is 4.91 Å². The number of alkyl halides is 5. The first-order chi connectivity index (χ1) is 34.6. The molecule has 1 saturated carbocycles. The number of nitrogens with zero attached hydrogens (tertiary/aromatic N) is 4. The molecule has 73 heavy (non-hydrogen) atoms. The van der Waals surface area contributed by atoms with Gasteiger partial charge < -0.3 is 19.7 Å². The molecule has 0 radical (unpaired) electrons. The van der Waals surface area contributed by atoms with E-state index in [9.17, 15) is 40.5 Å². The molecule has 3 fully saturated rings. The quantitative estimate of drug-likeness (QED) is 0.0139. The fraction of sp³-hybridized carbons (Fsp3) is 0.805. The molecule has 2 saturated heterocycles. The molecule has 2 unspecified atom stereocenters. The number of nitroso groups, excluding NO2 is 1. The van der Waals surface area contributed by atoms with Gasteiger partial charge in [-0.05, 0) is 77.1 Å². The van der Waals surface area contributed by atoms with Gasteiger partial charge in [-0.2, -0.15) is 21.8 Å². The molecule has 6 N–H and O–H groups in total. The summed E-state index contributed by atoms with van der Waals surface area (Å²) in [5.74, 6) is 1.91. The van der Waals surface area contributed by atoms with Gasteiger partial charge in [-0.1, -0.05) is 31.4 Å². The maximum atomic E-state index is 12.2. The summed E-state index contributed by atoms with van der Waals surface area (Å²) in [5.41, 5.74) is 7.68. The summed E-state index contributed by atoms with van der Waals surface area (Å²) < 4.78 is 89.2. The first kappa shape index (κ1) is 72.0. The Kier molecular flexibility index (Phi) is 41.4. The monoisotopic (exact) mass is 1220 g/mol. The van der Waals surface area contributed by atoms with Crippen LogP contribution in [-0.4, -0.2) is 176 Å². The van der Waals surface area contributed by atoms with Gasteiger partial charge in [-0.25, -0.2) is 24.3 Å². The smallest absolute Gasteiger partial charge is 0.343 e. The van der Waals surface area contributed by atoms with Crippen LogP contribution in [-0.2, 0) is 53.3 Å². The molecule has 428 valence electrons. The molecule has 0 bridgehead atoms. The van der Waals surface area contributed by atoms with Gasteiger partial charge in [0.15, 0.2) is 0 Å². The molecule has 2 aliphatic heterocycles. The van der Waals surface area contributed by atoms with Crippen molar-refractivity contribution < 1.29 is 53.0 Å². The highest BCUT2D eigenvalue weighted by atomic mass is 35.5. The lowest BCUT2D eigenvalue weighted by Crippen LogP contribution is -2.43. The number of benzene rings is 1. The fourth-order valence-electron chi connectivity index (χ4n) is 6.29. The third-order valence-electron chi connectivity index (χ3n) is 9.71. The van der Waals surface area contributed by atoms with Crippen LogP contribution in [0.3, 0.4) is 0 Å². The van der Waals surface area contributed by atoms with Crippen LogP contribution in [0.25, 0.3) is 0 Å². The zero-order valence-electron chi connectivity index (χ0n) is 42.5. The number of carbonyl (C=O) groups excluding carboxylic acids is 2. The molecular formula is C41H79Cl5N10O13P2S2. The summed E-state index contributed by atoms with van der Waals surface area (Å²) in [7, 11) is -10.7. The standard InChI is InChI=1S/C12H19N3O.C9H16ClN3O2.2C7H15Cl2N2O2P.C6H14O6S2/c1-9(2)15-12(16)11-6-4-10(5-7-11)8-14-13-3;10-6-7-13(12-15)9(14)11-8-4-2-1-3-5-8;8-2-4-10-14(12)11(6-3-9)5-1-7-13-14;8-2-5-11(6-3-9)14(12)10-4-1-7-13-14;1-13(7,8)11-5-3-4-6-12-14(2,9)10/h4-7,9,13-14H,8H2,1-3H3,(H,15,16);8H,1-7H2,(H,11,14);2*1-7H2,(H,10,12);3-6H2,1-2H3. The zero-order chi connectivity index (χ0) is 55.2.